The summed E-state index contributed by atoms with van der Waals surface area (Å²) in [6.07, 6.45) is 10.6. The Morgan fingerprint density at radius 3 is 2.22 bits per heavy atom. The minimum atomic E-state index is 0.330. The van der Waals surface area contributed by atoms with Gasteiger partial charge in [0.25, 0.3) is 0 Å². The molecule has 2 N–H and O–H groups in total. The Balaban J connectivity index is 2.60. The Kier molecular flexibility index (Phi) is 7.25. The summed E-state index contributed by atoms with van der Waals surface area (Å²) >= 11 is 0. The van der Waals surface area contributed by atoms with Gasteiger partial charge in [-0.3, -0.25) is 4.90 Å². The quantitative estimate of drug-likeness (QED) is 0.668. The van der Waals surface area contributed by atoms with Gasteiger partial charge in [0.15, 0.2) is 0 Å². The molecule has 0 radical (unpaired) electrons. The van der Waals surface area contributed by atoms with Crippen molar-refractivity contribution in [2.75, 3.05) is 19.6 Å². The molecule has 0 aromatic rings. The zero-order valence-corrected chi connectivity index (χ0v) is 12.9. The highest BCUT2D eigenvalue weighted by Gasteiger charge is 2.37. The van der Waals surface area contributed by atoms with Crippen molar-refractivity contribution in [3.63, 3.8) is 0 Å². The highest BCUT2D eigenvalue weighted by molar-refractivity contribution is 4.95. The molecule has 0 aromatic heterocycles. The molecule has 0 aromatic carbocycles. The van der Waals surface area contributed by atoms with Crippen molar-refractivity contribution >= 4 is 0 Å². The third-order valence-corrected chi connectivity index (χ3v) is 4.78. The second kappa shape index (κ2) is 8.16. The van der Waals surface area contributed by atoms with Gasteiger partial charge >= 0.3 is 0 Å². The fraction of sp³-hybridized carbons (Fsp3) is 1.00. The van der Waals surface area contributed by atoms with Gasteiger partial charge in [-0.25, -0.2) is 0 Å². The molecule has 1 aliphatic rings. The molecule has 0 amide bonds. The van der Waals surface area contributed by atoms with Crippen LogP contribution in [-0.2, 0) is 0 Å². The van der Waals surface area contributed by atoms with Gasteiger partial charge in [0.1, 0.15) is 0 Å². The van der Waals surface area contributed by atoms with Crippen molar-refractivity contribution in [2.45, 2.75) is 77.7 Å². The second-order valence-electron chi connectivity index (χ2n) is 6.31. The first-order chi connectivity index (χ1) is 8.68. The van der Waals surface area contributed by atoms with Crippen LogP contribution in [0.5, 0.6) is 0 Å². The molecule has 0 atom stereocenters. The first-order valence-electron chi connectivity index (χ1n) is 8.13. The molecule has 0 unspecified atom stereocenters. The minimum Gasteiger partial charge on any atom is -0.329 e. The van der Waals surface area contributed by atoms with Gasteiger partial charge in [-0.15, -0.1) is 0 Å². The van der Waals surface area contributed by atoms with Crippen LogP contribution in [0.4, 0.5) is 0 Å². The number of nitrogens with two attached hydrogens (primary N) is 1. The summed E-state index contributed by atoms with van der Waals surface area (Å²) in [5.41, 5.74) is 6.51. The van der Waals surface area contributed by atoms with Crippen LogP contribution in [0, 0.1) is 5.92 Å². The lowest BCUT2D eigenvalue weighted by Gasteiger charge is -2.47. The first kappa shape index (κ1) is 16.0. The van der Waals surface area contributed by atoms with Gasteiger partial charge in [0, 0.05) is 12.1 Å². The first-order valence-corrected chi connectivity index (χ1v) is 8.13. The molecule has 0 bridgehead atoms. The smallest absolute Gasteiger partial charge is 0.0331 e. The largest absolute Gasteiger partial charge is 0.329 e. The molecule has 2 heteroatoms. The predicted molar refractivity (Wildman–Crippen MR) is 80.8 cm³/mol. The van der Waals surface area contributed by atoms with E-state index in [0.717, 1.165) is 12.5 Å². The SMILES string of the molecule is CCCCCN(CCC)C1(CN)CCC(C)CC1. The standard InChI is InChI=1S/C16H34N2/c1-4-6-7-13-18(12-5-2)16(14-17)10-8-15(3)9-11-16/h15H,4-14,17H2,1-3H3. The molecule has 1 fully saturated rings. The van der Waals surface area contributed by atoms with E-state index in [1.807, 2.05) is 0 Å². The fourth-order valence-electron chi connectivity index (χ4n) is 3.36. The van der Waals surface area contributed by atoms with Crippen LogP contribution >= 0.6 is 0 Å². The summed E-state index contributed by atoms with van der Waals surface area (Å²) in [6, 6.07) is 0. The molecule has 1 rings (SSSR count). The van der Waals surface area contributed by atoms with Gasteiger partial charge < -0.3 is 5.73 Å². The Morgan fingerprint density at radius 2 is 1.72 bits per heavy atom. The highest BCUT2D eigenvalue weighted by atomic mass is 15.2. The Hall–Kier alpha value is -0.0800. The third kappa shape index (κ3) is 4.24. The van der Waals surface area contributed by atoms with Crippen molar-refractivity contribution in [2.24, 2.45) is 11.7 Å². The van der Waals surface area contributed by atoms with Crippen LogP contribution in [0.15, 0.2) is 0 Å². The topological polar surface area (TPSA) is 29.3 Å². The van der Waals surface area contributed by atoms with E-state index in [9.17, 15) is 0 Å². The van der Waals surface area contributed by atoms with E-state index < -0.39 is 0 Å². The molecule has 0 spiro atoms. The highest BCUT2D eigenvalue weighted by Crippen LogP contribution is 2.36. The molecule has 18 heavy (non-hydrogen) atoms. The van der Waals surface area contributed by atoms with Crippen LogP contribution in [0.25, 0.3) is 0 Å². The van der Waals surface area contributed by atoms with Crippen LogP contribution in [0.2, 0.25) is 0 Å². The van der Waals surface area contributed by atoms with Gasteiger partial charge in [-0.2, -0.15) is 0 Å². The van der Waals surface area contributed by atoms with E-state index in [-0.39, 0.29) is 0 Å². The molecule has 2 nitrogen and oxygen atoms in total. The van der Waals surface area contributed by atoms with Crippen LogP contribution < -0.4 is 5.73 Å². The molecule has 0 saturated heterocycles. The number of hydrogen-bond donors (Lipinski definition) is 1. The number of hydrogen-bond acceptors (Lipinski definition) is 2. The van der Waals surface area contributed by atoms with Gasteiger partial charge in [0.05, 0.1) is 0 Å². The van der Waals surface area contributed by atoms with Crippen LogP contribution in [-0.4, -0.2) is 30.1 Å². The molecular formula is C16H34N2. The van der Waals surface area contributed by atoms with E-state index >= 15 is 0 Å². The lowest BCUT2D eigenvalue weighted by atomic mass is 9.75. The lowest BCUT2D eigenvalue weighted by Crippen LogP contribution is -2.56. The van der Waals surface area contributed by atoms with Crippen molar-refractivity contribution in [1.29, 1.82) is 0 Å². The molecule has 1 aliphatic carbocycles. The van der Waals surface area contributed by atoms with E-state index in [1.54, 1.807) is 0 Å². The van der Waals surface area contributed by atoms with Crippen molar-refractivity contribution in [3.05, 3.63) is 0 Å². The molecule has 0 aliphatic heterocycles. The Bertz CT molecular complexity index is 207. The minimum absolute atomic E-state index is 0.330. The van der Waals surface area contributed by atoms with Gasteiger partial charge in [0.2, 0.25) is 0 Å². The van der Waals surface area contributed by atoms with E-state index in [4.69, 9.17) is 5.73 Å². The second-order valence-corrected chi connectivity index (χ2v) is 6.31. The number of unbranched alkanes of at least 4 members (excludes halogenated alkanes) is 2. The summed E-state index contributed by atoms with van der Waals surface area (Å²) in [6.45, 7) is 10.3. The molecule has 1 saturated carbocycles. The zero-order chi connectivity index (χ0) is 13.4. The predicted octanol–water partition coefficient (Wildman–Crippen LogP) is 3.80. The maximum Gasteiger partial charge on any atom is 0.0331 e. The maximum absolute atomic E-state index is 6.18. The van der Waals surface area contributed by atoms with Crippen molar-refractivity contribution in [3.8, 4) is 0 Å². The van der Waals surface area contributed by atoms with E-state index in [2.05, 4.69) is 25.7 Å². The summed E-state index contributed by atoms with van der Waals surface area (Å²) in [4.78, 5) is 2.73. The van der Waals surface area contributed by atoms with Gasteiger partial charge in [-0.05, 0) is 57.5 Å². The average Bonchev–Trinajstić information content (AvgIpc) is 2.39. The summed E-state index contributed by atoms with van der Waals surface area (Å²) < 4.78 is 0. The zero-order valence-electron chi connectivity index (χ0n) is 12.9. The lowest BCUT2D eigenvalue weighted by molar-refractivity contribution is 0.0430. The maximum atomic E-state index is 6.18. The fourth-order valence-corrected chi connectivity index (χ4v) is 3.36. The van der Waals surface area contributed by atoms with Crippen LogP contribution in [0.1, 0.15) is 72.1 Å². The van der Waals surface area contributed by atoms with Gasteiger partial charge in [-0.1, -0.05) is 33.6 Å². The summed E-state index contributed by atoms with van der Waals surface area (Å²) in [5, 5.41) is 0. The monoisotopic (exact) mass is 254 g/mol. The number of nitrogens with zero attached hydrogens (tertiary/aromatic N) is 1. The Labute approximate surface area is 114 Å². The van der Waals surface area contributed by atoms with E-state index in [1.165, 1.54) is 64.5 Å². The van der Waals surface area contributed by atoms with Crippen molar-refractivity contribution in [1.82, 2.24) is 4.90 Å². The summed E-state index contributed by atoms with van der Waals surface area (Å²) in [7, 11) is 0. The number of rotatable bonds is 8. The molecule has 0 heterocycles. The third-order valence-electron chi connectivity index (χ3n) is 4.78. The normalized spacial score (nSPS) is 28.8. The van der Waals surface area contributed by atoms with E-state index in [0.29, 0.717) is 5.54 Å². The average molecular weight is 254 g/mol. The van der Waals surface area contributed by atoms with Crippen molar-refractivity contribution < 1.29 is 0 Å². The Morgan fingerprint density at radius 1 is 1.06 bits per heavy atom. The summed E-state index contributed by atoms with van der Waals surface area (Å²) in [5.74, 6) is 0.906. The molecular weight excluding hydrogens is 220 g/mol. The molecule has 108 valence electrons. The van der Waals surface area contributed by atoms with Crippen LogP contribution in [0.3, 0.4) is 0 Å².